The maximum Gasteiger partial charge on any atom is 0.416 e. The maximum absolute atomic E-state index is 12.9. The molecule has 0 radical (unpaired) electrons. The largest absolute Gasteiger partial charge is 0.421 e. The van der Waals surface area contributed by atoms with Crippen molar-refractivity contribution in [3.63, 3.8) is 0 Å². The van der Waals surface area contributed by atoms with Gasteiger partial charge in [-0.15, -0.1) is 21.5 Å². The molecule has 4 aromatic rings. The monoisotopic (exact) mass is 492 g/mol. The van der Waals surface area contributed by atoms with Crippen molar-refractivity contribution in [3.05, 3.63) is 69.9 Å². The first-order valence-electron chi connectivity index (χ1n) is 9.72. The zero-order chi connectivity index (χ0) is 23.6. The summed E-state index contributed by atoms with van der Waals surface area (Å²) >= 11 is 7.27. The van der Waals surface area contributed by atoms with E-state index in [0.29, 0.717) is 10.2 Å². The average Bonchev–Trinajstić information content (AvgIpc) is 3.39. The van der Waals surface area contributed by atoms with Crippen molar-refractivity contribution >= 4 is 34.0 Å². The van der Waals surface area contributed by atoms with E-state index < -0.39 is 11.7 Å². The second-order valence-electron chi connectivity index (χ2n) is 7.06. The predicted octanol–water partition coefficient (Wildman–Crippen LogP) is 6.41. The van der Waals surface area contributed by atoms with Crippen LogP contribution in [-0.4, -0.2) is 21.1 Å². The first kappa shape index (κ1) is 22.9. The lowest BCUT2D eigenvalue weighted by Crippen LogP contribution is -2.12. The fraction of sp³-hybridized carbons (Fsp3) is 0.182. The number of aromatic nitrogens is 3. The lowest BCUT2D eigenvalue weighted by Gasteiger charge is -2.06. The van der Waals surface area contributed by atoms with Crippen molar-refractivity contribution in [2.24, 2.45) is 0 Å². The first-order chi connectivity index (χ1) is 15.7. The minimum Gasteiger partial charge on any atom is -0.421 e. The van der Waals surface area contributed by atoms with E-state index in [1.54, 1.807) is 12.1 Å². The van der Waals surface area contributed by atoms with Gasteiger partial charge in [-0.05, 0) is 37.3 Å². The van der Waals surface area contributed by atoms with Gasteiger partial charge >= 0.3 is 6.18 Å². The average molecular weight is 493 g/mol. The normalized spacial score (nSPS) is 11.5. The molecule has 0 fully saturated rings. The van der Waals surface area contributed by atoms with Crippen molar-refractivity contribution in [2.45, 2.75) is 25.9 Å². The van der Waals surface area contributed by atoms with Crippen molar-refractivity contribution < 1.29 is 22.4 Å². The molecule has 11 heteroatoms. The van der Waals surface area contributed by atoms with Gasteiger partial charge in [0, 0.05) is 33.9 Å². The standard InChI is InChI=1S/C22H16ClF3N4O2S/c1-12-19(13-5-7-16(23)8-6-13)28-21(33-12)27-17(31)9-10-18-29-30-20(32-18)14-3-2-4-15(11-14)22(24,25)26/h2-8,11H,9-10H2,1H3,(H,27,28,31). The lowest BCUT2D eigenvalue weighted by atomic mass is 10.1. The zero-order valence-corrected chi connectivity index (χ0v) is 18.7. The molecule has 0 aliphatic rings. The highest BCUT2D eigenvalue weighted by Crippen LogP contribution is 2.32. The van der Waals surface area contributed by atoms with Gasteiger partial charge in [-0.2, -0.15) is 13.2 Å². The molecule has 2 aromatic carbocycles. The molecule has 0 aliphatic carbocycles. The molecule has 2 aromatic heterocycles. The van der Waals surface area contributed by atoms with Gasteiger partial charge in [-0.3, -0.25) is 4.79 Å². The first-order valence-corrected chi connectivity index (χ1v) is 10.9. The number of aryl methyl sites for hydroxylation is 2. The van der Waals surface area contributed by atoms with Crippen LogP contribution in [-0.2, 0) is 17.4 Å². The van der Waals surface area contributed by atoms with E-state index in [0.717, 1.165) is 28.3 Å². The number of benzene rings is 2. The van der Waals surface area contributed by atoms with Gasteiger partial charge in [0.15, 0.2) is 5.13 Å². The summed E-state index contributed by atoms with van der Waals surface area (Å²) in [6, 6.07) is 11.9. The highest BCUT2D eigenvalue weighted by Gasteiger charge is 2.30. The molecule has 0 unspecified atom stereocenters. The third kappa shape index (κ3) is 5.58. The SMILES string of the molecule is Cc1sc(NC(=O)CCc2nnc(-c3cccc(C(F)(F)F)c3)o2)nc1-c1ccc(Cl)cc1. The number of carbonyl (C=O) groups is 1. The number of carbonyl (C=O) groups excluding carboxylic acids is 1. The number of nitrogens with one attached hydrogen (secondary N) is 1. The second-order valence-corrected chi connectivity index (χ2v) is 8.70. The van der Waals surface area contributed by atoms with E-state index in [4.69, 9.17) is 16.0 Å². The molecular weight excluding hydrogens is 477 g/mol. The van der Waals surface area contributed by atoms with Crippen molar-refractivity contribution in [1.82, 2.24) is 15.2 Å². The summed E-state index contributed by atoms with van der Waals surface area (Å²) in [5.41, 5.74) is 0.994. The van der Waals surface area contributed by atoms with E-state index >= 15 is 0 Å². The summed E-state index contributed by atoms with van der Waals surface area (Å²) in [7, 11) is 0. The van der Waals surface area contributed by atoms with Crippen LogP contribution in [0.25, 0.3) is 22.7 Å². The Labute approximate surface area is 195 Å². The van der Waals surface area contributed by atoms with Gasteiger partial charge in [0.1, 0.15) is 0 Å². The van der Waals surface area contributed by atoms with Crippen LogP contribution in [0.3, 0.4) is 0 Å². The number of halogens is 4. The molecule has 0 aliphatic heterocycles. The number of alkyl halides is 3. The molecule has 4 rings (SSSR count). The highest BCUT2D eigenvalue weighted by atomic mass is 35.5. The Bertz CT molecular complexity index is 1290. The Kier molecular flexibility index (Phi) is 6.48. The third-order valence-corrected chi connectivity index (χ3v) is 5.77. The van der Waals surface area contributed by atoms with Crippen LogP contribution in [0.5, 0.6) is 0 Å². The number of thiazole rings is 1. The number of amides is 1. The summed E-state index contributed by atoms with van der Waals surface area (Å²) in [6.07, 6.45) is -4.30. The van der Waals surface area contributed by atoms with Crippen LogP contribution < -0.4 is 5.32 Å². The van der Waals surface area contributed by atoms with Crippen LogP contribution in [0, 0.1) is 6.92 Å². The molecule has 0 saturated heterocycles. The van der Waals surface area contributed by atoms with Gasteiger partial charge in [0.25, 0.3) is 0 Å². The molecule has 0 atom stereocenters. The van der Waals surface area contributed by atoms with E-state index in [-0.39, 0.29) is 36.1 Å². The minimum absolute atomic E-state index is 0.0408. The van der Waals surface area contributed by atoms with Crippen molar-refractivity contribution in [2.75, 3.05) is 5.32 Å². The molecule has 1 N–H and O–H groups in total. The topological polar surface area (TPSA) is 80.9 Å². The van der Waals surface area contributed by atoms with Crippen LogP contribution in [0.15, 0.2) is 52.9 Å². The molecule has 0 saturated carbocycles. The Balaban J connectivity index is 1.37. The Morgan fingerprint density at radius 2 is 1.88 bits per heavy atom. The van der Waals surface area contributed by atoms with Gasteiger partial charge in [0.05, 0.1) is 11.3 Å². The molecule has 6 nitrogen and oxygen atoms in total. The Hall–Kier alpha value is -3.24. The zero-order valence-electron chi connectivity index (χ0n) is 17.1. The third-order valence-electron chi connectivity index (χ3n) is 4.63. The molecule has 170 valence electrons. The number of nitrogens with zero attached hydrogens (tertiary/aromatic N) is 3. The predicted molar refractivity (Wildman–Crippen MR) is 119 cm³/mol. The summed E-state index contributed by atoms with van der Waals surface area (Å²) in [5, 5.41) is 11.4. The van der Waals surface area contributed by atoms with Crippen molar-refractivity contribution in [3.8, 4) is 22.7 Å². The van der Waals surface area contributed by atoms with Crippen LogP contribution in [0.4, 0.5) is 18.3 Å². The van der Waals surface area contributed by atoms with Crippen molar-refractivity contribution in [1.29, 1.82) is 0 Å². The van der Waals surface area contributed by atoms with E-state index in [2.05, 4.69) is 20.5 Å². The molecule has 0 bridgehead atoms. The van der Waals surface area contributed by atoms with Gasteiger partial charge < -0.3 is 9.73 Å². The summed E-state index contributed by atoms with van der Waals surface area (Å²) in [5.74, 6) is -0.195. The minimum atomic E-state index is -4.47. The van der Waals surface area contributed by atoms with Gasteiger partial charge in [-0.25, -0.2) is 4.98 Å². The van der Waals surface area contributed by atoms with Crippen LogP contribution in [0.2, 0.25) is 5.02 Å². The Morgan fingerprint density at radius 1 is 1.12 bits per heavy atom. The van der Waals surface area contributed by atoms with Gasteiger partial charge in [0.2, 0.25) is 17.7 Å². The molecular formula is C22H16ClF3N4O2S. The van der Waals surface area contributed by atoms with E-state index in [9.17, 15) is 18.0 Å². The summed E-state index contributed by atoms with van der Waals surface area (Å²) in [4.78, 5) is 17.8. The summed E-state index contributed by atoms with van der Waals surface area (Å²) < 4.78 is 44.1. The smallest absolute Gasteiger partial charge is 0.416 e. The molecule has 1 amide bonds. The number of hydrogen-bond acceptors (Lipinski definition) is 6. The van der Waals surface area contributed by atoms with E-state index in [1.165, 1.54) is 23.5 Å². The second kappa shape index (κ2) is 9.32. The van der Waals surface area contributed by atoms with Gasteiger partial charge in [-0.1, -0.05) is 29.8 Å². The number of rotatable bonds is 6. The molecule has 33 heavy (non-hydrogen) atoms. The number of hydrogen-bond donors (Lipinski definition) is 1. The Morgan fingerprint density at radius 3 is 2.61 bits per heavy atom. The fourth-order valence-electron chi connectivity index (χ4n) is 3.03. The molecule has 2 heterocycles. The van der Waals surface area contributed by atoms with Crippen LogP contribution in [0.1, 0.15) is 22.8 Å². The lowest BCUT2D eigenvalue weighted by molar-refractivity contribution is -0.137. The highest BCUT2D eigenvalue weighted by molar-refractivity contribution is 7.16. The maximum atomic E-state index is 12.9. The fourth-order valence-corrected chi connectivity index (χ4v) is 4.01. The summed E-state index contributed by atoms with van der Waals surface area (Å²) in [6.45, 7) is 1.91. The quantitative estimate of drug-likeness (QED) is 0.336. The number of anilines is 1. The van der Waals surface area contributed by atoms with Crippen LogP contribution >= 0.6 is 22.9 Å². The van der Waals surface area contributed by atoms with E-state index in [1.807, 2.05) is 19.1 Å². The molecule has 0 spiro atoms.